The van der Waals surface area contributed by atoms with Crippen LogP contribution in [-0.4, -0.2) is 18.2 Å². The van der Waals surface area contributed by atoms with Crippen LogP contribution in [0.4, 0.5) is 4.39 Å². The lowest BCUT2D eigenvalue weighted by atomic mass is 10.0. The normalized spacial score (nSPS) is 11.1. The summed E-state index contributed by atoms with van der Waals surface area (Å²) in [5.41, 5.74) is 2.30. The Morgan fingerprint density at radius 2 is 1.71 bits per heavy atom. The average molecular weight is 378 g/mol. The summed E-state index contributed by atoms with van der Waals surface area (Å²) in [5, 5.41) is 9.55. The van der Waals surface area contributed by atoms with Gasteiger partial charge in [0, 0.05) is 0 Å². The lowest BCUT2D eigenvalue weighted by Crippen LogP contribution is -2.00. The molecule has 0 radical (unpaired) electrons. The number of carbonyl (C=O) groups is 1. The van der Waals surface area contributed by atoms with Crippen LogP contribution in [0.5, 0.6) is 11.5 Å². The molecule has 0 unspecified atom stereocenters. The van der Waals surface area contributed by atoms with E-state index in [9.17, 15) is 14.3 Å². The molecule has 0 aliphatic heterocycles. The highest BCUT2D eigenvalue weighted by Gasteiger charge is 2.12. The minimum absolute atomic E-state index is 0.183. The number of hydrogen-bond acceptors (Lipinski definition) is 3. The molecule has 0 spiro atoms. The Balaban J connectivity index is 1.83. The second kappa shape index (κ2) is 8.86. The van der Waals surface area contributed by atoms with E-state index in [2.05, 4.69) is 0 Å². The Kier molecular flexibility index (Phi) is 6.07. The third kappa shape index (κ3) is 4.76. The monoisotopic (exact) mass is 378 g/mol. The van der Waals surface area contributed by atoms with Crippen molar-refractivity contribution in [2.75, 3.05) is 7.11 Å². The molecule has 3 aromatic carbocycles. The topological polar surface area (TPSA) is 55.8 Å². The third-order valence-electron chi connectivity index (χ3n) is 4.12. The minimum Gasteiger partial charge on any atom is -0.493 e. The Bertz CT molecular complexity index is 979. The highest BCUT2D eigenvalue weighted by Crippen LogP contribution is 2.30. The summed E-state index contributed by atoms with van der Waals surface area (Å²) >= 11 is 0. The zero-order valence-corrected chi connectivity index (χ0v) is 15.3. The molecular formula is C23H19FO4. The van der Waals surface area contributed by atoms with Crippen LogP contribution in [0.3, 0.4) is 0 Å². The summed E-state index contributed by atoms with van der Waals surface area (Å²) in [6, 6.07) is 20.2. The van der Waals surface area contributed by atoms with Crippen LogP contribution in [0.15, 0.2) is 72.8 Å². The molecule has 5 heteroatoms. The number of carboxylic acids is 1. The molecule has 4 nitrogen and oxygen atoms in total. The van der Waals surface area contributed by atoms with Gasteiger partial charge >= 0.3 is 5.97 Å². The summed E-state index contributed by atoms with van der Waals surface area (Å²) in [4.78, 5) is 11.7. The smallest absolute Gasteiger partial charge is 0.336 e. The van der Waals surface area contributed by atoms with E-state index < -0.39 is 5.97 Å². The molecule has 1 N–H and O–H groups in total. The van der Waals surface area contributed by atoms with Crippen molar-refractivity contribution in [1.82, 2.24) is 0 Å². The summed E-state index contributed by atoms with van der Waals surface area (Å²) in [6.07, 6.45) is 1.59. The van der Waals surface area contributed by atoms with Crippen LogP contribution >= 0.6 is 0 Å². The lowest BCUT2D eigenvalue weighted by molar-refractivity contribution is -0.130. The van der Waals surface area contributed by atoms with Crippen molar-refractivity contribution < 1.29 is 23.8 Å². The third-order valence-corrected chi connectivity index (χ3v) is 4.12. The zero-order valence-electron chi connectivity index (χ0n) is 15.3. The van der Waals surface area contributed by atoms with Gasteiger partial charge in [0.25, 0.3) is 0 Å². The first-order valence-electron chi connectivity index (χ1n) is 8.62. The predicted octanol–water partition coefficient (Wildman–Crippen LogP) is 5.04. The molecule has 0 heterocycles. The van der Waals surface area contributed by atoms with Crippen LogP contribution in [0, 0.1) is 5.82 Å². The standard InChI is InChI=1S/C23H19FO4/c1-27-22-14-17(13-20(23(25)26)18-5-3-2-4-6-18)9-12-21(22)28-15-16-7-10-19(24)11-8-16/h2-14H,15H2,1H3,(H,25,26)/b20-13-. The van der Waals surface area contributed by atoms with Crippen LogP contribution < -0.4 is 9.47 Å². The van der Waals surface area contributed by atoms with Gasteiger partial charge in [-0.05, 0) is 47.0 Å². The largest absolute Gasteiger partial charge is 0.493 e. The lowest BCUT2D eigenvalue weighted by Gasteiger charge is -2.12. The van der Waals surface area contributed by atoms with E-state index >= 15 is 0 Å². The molecule has 0 saturated heterocycles. The van der Waals surface area contributed by atoms with E-state index in [1.165, 1.54) is 19.2 Å². The fraction of sp³-hybridized carbons (Fsp3) is 0.0870. The summed E-state index contributed by atoms with van der Waals surface area (Å²) in [5.74, 6) is -0.318. The van der Waals surface area contributed by atoms with Crippen LogP contribution in [-0.2, 0) is 11.4 Å². The van der Waals surface area contributed by atoms with Gasteiger partial charge in [0.2, 0.25) is 0 Å². The second-order valence-electron chi connectivity index (χ2n) is 6.05. The van der Waals surface area contributed by atoms with Crippen molar-refractivity contribution in [3.8, 4) is 11.5 Å². The van der Waals surface area contributed by atoms with Gasteiger partial charge in [0.05, 0.1) is 12.7 Å². The van der Waals surface area contributed by atoms with Crippen LogP contribution in [0.2, 0.25) is 0 Å². The molecule has 0 amide bonds. The van der Waals surface area contributed by atoms with Gasteiger partial charge in [-0.3, -0.25) is 0 Å². The molecule has 0 atom stereocenters. The Morgan fingerprint density at radius 3 is 2.36 bits per heavy atom. The summed E-state index contributed by atoms with van der Waals surface area (Å²) in [6.45, 7) is 0.260. The summed E-state index contributed by atoms with van der Waals surface area (Å²) in [7, 11) is 1.52. The van der Waals surface area contributed by atoms with E-state index in [1.807, 2.05) is 6.07 Å². The van der Waals surface area contributed by atoms with Gasteiger partial charge in [-0.25, -0.2) is 9.18 Å². The van der Waals surface area contributed by atoms with Gasteiger partial charge in [0.15, 0.2) is 11.5 Å². The van der Waals surface area contributed by atoms with E-state index in [0.717, 1.165) is 5.56 Å². The van der Waals surface area contributed by atoms with E-state index in [-0.39, 0.29) is 18.0 Å². The molecule has 3 rings (SSSR count). The number of hydrogen-bond donors (Lipinski definition) is 1. The van der Waals surface area contributed by atoms with E-state index in [1.54, 1.807) is 60.7 Å². The van der Waals surface area contributed by atoms with Crippen molar-refractivity contribution >= 4 is 17.6 Å². The second-order valence-corrected chi connectivity index (χ2v) is 6.05. The first-order valence-corrected chi connectivity index (χ1v) is 8.62. The maximum atomic E-state index is 13.0. The zero-order chi connectivity index (χ0) is 19.9. The Morgan fingerprint density at radius 1 is 1.00 bits per heavy atom. The van der Waals surface area contributed by atoms with Gasteiger partial charge in [-0.15, -0.1) is 0 Å². The Hall–Kier alpha value is -3.60. The molecule has 142 valence electrons. The molecule has 0 bridgehead atoms. The number of benzene rings is 3. The molecule has 0 aliphatic carbocycles. The molecule has 0 saturated carbocycles. The number of methoxy groups -OCH3 is 1. The highest BCUT2D eigenvalue weighted by atomic mass is 19.1. The van der Waals surface area contributed by atoms with Crippen molar-refractivity contribution in [3.05, 3.63) is 95.3 Å². The fourth-order valence-electron chi connectivity index (χ4n) is 2.69. The molecule has 28 heavy (non-hydrogen) atoms. The number of rotatable bonds is 7. The SMILES string of the molecule is COc1cc(/C=C(\C(=O)O)c2ccccc2)ccc1OCc1ccc(F)cc1. The minimum atomic E-state index is -1.01. The molecule has 0 aliphatic rings. The number of ether oxygens (including phenoxy) is 2. The van der Waals surface area contributed by atoms with Crippen molar-refractivity contribution in [2.24, 2.45) is 0 Å². The molecule has 0 fully saturated rings. The number of halogens is 1. The van der Waals surface area contributed by atoms with Gasteiger partial charge in [0.1, 0.15) is 12.4 Å². The van der Waals surface area contributed by atoms with Crippen molar-refractivity contribution in [3.63, 3.8) is 0 Å². The quantitative estimate of drug-likeness (QED) is 0.462. The number of aliphatic carboxylic acids is 1. The first kappa shape index (κ1) is 19.2. The van der Waals surface area contributed by atoms with Crippen LogP contribution in [0.1, 0.15) is 16.7 Å². The van der Waals surface area contributed by atoms with Gasteiger partial charge in [-0.1, -0.05) is 48.5 Å². The predicted molar refractivity (Wildman–Crippen MR) is 106 cm³/mol. The maximum absolute atomic E-state index is 13.0. The van der Waals surface area contributed by atoms with Crippen molar-refractivity contribution in [2.45, 2.75) is 6.61 Å². The fourth-order valence-corrected chi connectivity index (χ4v) is 2.69. The van der Waals surface area contributed by atoms with Gasteiger partial charge in [-0.2, -0.15) is 0 Å². The van der Waals surface area contributed by atoms with E-state index in [4.69, 9.17) is 9.47 Å². The molecule has 3 aromatic rings. The number of carboxylic acid groups (broad SMARTS) is 1. The molecular weight excluding hydrogens is 359 g/mol. The van der Waals surface area contributed by atoms with E-state index in [0.29, 0.717) is 22.6 Å². The summed E-state index contributed by atoms with van der Waals surface area (Å²) < 4.78 is 24.1. The molecule has 0 aromatic heterocycles. The van der Waals surface area contributed by atoms with Gasteiger partial charge < -0.3 is 14.6 Å². The Labute approximate surface area is 162 Å². The average Bonchev–Trinajstić information content (AvgIpc) is 2.72. The van der Waals surface area contributed by atoms with Crippen molar-refractivity contribution in [1.29, 1.82) is 0 Å². The maximum Gasteiger partial charge on any atom is 0.336 e. The highest BCUT2D eigenvalue weighted by molar-refractivity contribution is 6.20. The van der Waals surface area contributed by atoms with Crippen LogP contribution in [0.25, 0.3) is 11.6 Å². The first-order chi connectivity index (χ1) is 13.6.